The van der Waals surface area contributed by atoms with Gasteiger partial charge in [0.15, 0.2) is 5.75 Å². The van der Waals surface area contributed by atoms with Gasteiger partial charge in [-0.1, -0.05) is 17.7 Å². The monoisotopic (exact) mass is 448 g/mol. The number of hydrogen-bond donors (Lipinski definition) is 3. The van der Waals surface area contributed by atoms with E-state index in [1.54, 1.807) is 24.3 Å². The third-order valence-corrected chi connectivity index (χ3v) is 6.37. The van der Waals surface area contributed by atoms with E-state index < -0.39 is 18.2 Å². The molecule has 156 valence electrons. The number of pyridine rings is 1. The van der Waals surface area contributed by atoms with Crippen LogP contribution in [0.25, 0.3) is 21.6 Å². The van der Waals surface area contributed by atoms with Gasteiger partial charge in [0.1, 0.15) is 6.17 Å². The van der Waals surface area contributed by atoms with Crippen molar-refractivity contribution in [1.82, 2.24) is 9.88 Å². The molecule has 4 rings (SSSR count). The lowest BCUT2D eigenvalue weighted by atomic mass is 10.0. The molecule has 0 saturated carbocycles. The summed E-state index contributed by atoms with van der Waals surface area (Å²) in [6.07, 6.45) is -0.883. The fourth-order valence-electron chi connectivity index (χ4n) is 3.40. The Morgan fingerprint density at radius 2 is 2.03 bits per heavy atom. The number of piperidine rings is 1. The molecule has 0 radical (unpaired) electrons. The van der Waals surface area contributed by atoms with E-state index >= 15 is 0 Å². The molecule has 1 amide bonds. The molecule has 1 aromatic carbocycles. The normalized spacial score (nSPS) is 19.1. The smallest absolute Gasteiger partial charge is 0.254 e. The van der Waals surface area contributed by atoms with Gasteiger partial charge in [-0.05, 0) is 41.6 Å². The van der Waals surface area contributed by atoms with Crippen LogP contribution in [0, 0.1) is 0 Å². The Balaban J connectivity index is 1.58. The first-order valence-corrected chi connectivity index (χ1v) is 10.5. The molecule has 1 aliphatic rings. The average Bonchev–Trinajstić information content (AvgIpc) is 3.21. The number of halogens is 2. The van der Waals surface area contributed by atoms with Crippen molar-refractivity contribution >= 4 is 28.8 Å². The van der Waals surface area contributed by atoms with E-state index in [1.807, 2.05) is 11.4 Å². The van der Waals surface area contributed by atoms with Crippen LogP contribution in [-0.2, 0) is 0 Å². The van der Waals surface area contributed by atoms with Crippen LogP contribution < -0.4 is 0 Å². The minimum atomic E-state index is -1.45. The minimum Gasteiger partial charge on any atom is -0.503 e. The van der Waals surface area contributed by atoms with E-state index in [9.17, 15) is 24.5 Å². The highest BCUT2D eigenvalue weighted by Gasteiger charge is 2.30. The molecule has 2 atom stereocenters. The van der Waals surface area contributed by atoms with E-state index in [0.29, 0.717) is 27.3 Å². The number of carbonyl (C=O) groups excluding carboxylic acids is 1. The van der Waals surface area contributed by atoms with Crippen molar-refractivity contribution in [3.8, 4) is 33.2 Å². The quantitative estimate of drug-likeness (QED) is 0.561. The van der Waals surface area contributed by atoms with Gasteiger partial charge in [0.2, 0.25) is 0 Å². The molecule has 3 N–H and O–H groups in total. The number of amides is 1. The lowest BCUT2D eigenvalue weighted by Crippen LogP contribution is -2.47. The fraction of sp³-hybridized carbons (Fsp3) is 0.238. The number of likely N-dealkylation sites (tertiary alicyclic amines) is 1. The number of alkyl halides is 1. The van der Waals surface area contributed by atoms with E-state index in [1.165, 1.54) is 22.4 Å². The molecule has 0 spiro atoms. The summed E-state index contributed by atoms with van der Waals surface area (Å²) in [6.45, 7) is 0.145. The number of aliphatic hydroxyl groups excluding tert-OH is 1. The van der Waals surface area contributed by atoms with Gasteiger partial charge in [-0.3, -0.25) is 4.79 Å². The van der Waals surface area contributed by atoms with Crippen molar-refractivity contribution in [3.05, 3.63) is 52.5 Å². The van der Waals surface area contributed by atoms with Crippen LogP contribution in [0.2, 0.25) is 5.02 Å². The lowest BCUT2D eigenvalue weighted by Gasteiger charge is -2.32. The number of hydrogen-bond acceptors (Lipinski definition) is 6. The van der Waals surface area contributed by atoms with Crippen molar-refractivity contribution < 1.29 is 24.5 Å². The summed E-state index contributed by atoms with van der Waals surface area (Å²) in [5.74, 6) is -1.07. The first kappa shape index (κ1) is 20.6. The standard InChI is InChI=1S/C21H18ClFN2O4S/c22-15-7-11(21(29)25-6-4-17(26)16(23)9-25)1-2-14(15)18-8-12(10-30-18)13-3-5-24-20(28)19(13)27/h1-3,5,7-8,10,16-17,26-27H,4,6,9H2,(H,24,28)/t16-,17?/m1/s1. The minimum absolute atomic E-state index is 0.143. The summed E-state index contributed by atoms with van der Waals surface area (Å²) in [4.78, 5) is 18.5. The van der Waals surface area contributed by atoms with Crippen LogP contribution in [0.5, 0.6) is 11.6 Å². The van der Waals surface area contributed by atoms with Crippen LogP contribution in [0.4, 0.5) is 4.39 Å². The zero-order valence-electron chi connectivity index (χ0n) is 15.6. The molecule has 1 saturated heterocycles. The lowest BCUT2D eigenvalue weighted by molar-refractivity contribution is 0.00826. The maximum absolute atomic E-state index is 13.8. The largest absolute Gasteiger partial charge is 0.503 e. The van der Waals surface area contributed by atoms with E-state index in [0.717, 1.165) is 4.88 Å². The molecule has 3 heterocycles. The van der Waals surface area contributed by atoms with Gasteiger partial charge in [-0.25, -0.2) is 9.37 Å². The molecule has 1 unspecified atom stereocenters. The summed E-state index contributed by atoms with van der Waals surface area (Å²) in [5.41, 5.74) is 2.20. The highest BCUT2D eigenvalue weighted by Crippen LogP contribution is 2.41. The zero-order valence-corrected chi connectivity index (χ0v) is 17.2. The van der Waals surface area contributed by atoms with Crippen LogP contribution in [0.15, 0.2) is 41.9 Å². The number of aromatic nitrogens is 1. The first-order valence-electron chi connectivity index (χ1n) is 9.22. The van der Waals surface area contributed by atoms with Crippen molar-refractivity contribution in [2.45, 2.75) is 18.7 Å². The number of rotatable bonds is 3. The second-order valence-electron chi connectivity index (χ2n) is 7.05. The predicted octanol–water partition coefficient (Wildman–Crippen LogP) is 4.09. The van der Waals surface area contributed by atoms with Crippen molar-refractivity contribution in [3.63, 3.8) is 0 Å². The average molecular weight is 449 g/mol. The van der Waals surface area contributed by atoms with Crippen molar-refractivity contribution in [1.29, 1.82) is 0 Å². The summed E-state index contributed by atoms with van der Waals surface area (Å²) < 4.78 is 13.8. The van der Waals surface area contributed by atoms with Crippen LogP contribution in [0.3, 0.4) is 0 Å². The van der Waals surface area contributed by atoms with Gasteiger partial charge in [0, 0.05) is 34.3 Å². The van der Waals surface area contributed by atoms with Gasteiger partial charge < -0.3 is 20.2 Å². The van der Waals surface area contributed by atoms with Gasteiger partial charge in [0.25, 0.3) is 11.8 Å². The first-order chi connectivity index (χ1) is 14.3. The van der Waals surface area contributed by atoms with E-state index in [4.69, 9.17) is 11.6 Å². The van der Waals surface area contributed by atoms with Crippen molar-refractivity contribution in [2.24, 2.45) is 0 Å². The Morgan fingerprint density at radius 1 is 1.23 bits per heavy atom. The second-order valence-corrected chi connectivity index (χ2v) is 8.37. The molecule has 0 bridgehead atoms. The summed E-state index contributed by atoms with van der Waals surface area (Å²) in [6, 6.07) is 8.32. The predicted molar refractivity (Wildman–Crippen MR) is 113 cm³/mol. The number of benzene rings is 1. The Kier molecular flexibility index (Phi) is 5.64. The van der Waals surface area contributed by atoms with E-state index in [-0.39, 0.29) is 31.2 Å². The molecular weight excluding hydrogens is 431 g/mol. The highest BCUT2D eigenvalue weighted by atomic mass is 35.5. The summed E-state index contributed by atoms with van der Waals surface area (Å²) >= 11 is 7.83. The molecule has 2 aromatic heterocycles. The molecule has 30 heavy (non-hydrogen) atoms. The van der Waals surface area contributed by atoms with Crippen LogP contribution >= 0.6 is 22.9 Å². The Bertz CT molecular complexity index is 1110. The van der Waals surface area contributed by atoms with Gasteiger partial charge >= 0.3 is 0 Å². The second kappa shape index (κ2) is 8.22. The Labute approximate surface area is 180 Å². The third-order valence-electron chi connectivity index (χ3n) is 5.09. The molecular formula is C21H18ClFN2O4S. The molecule has 9 heteroatoms. The number of aliphatic hydroxyl groups is 1. The molecule has 1 aliphatic heterocycles. The molecule has 0 aliphatic carbocycles. The number of nitrogens with zero attached hydrogens (tertiary/aromatic N) is 2. The highest BCUT2D eigenvalue weighted by molar-refractivity contribution is 7.14. The van der Waals surface area contributed by atoms with Crippen LogP contribution in [0.1, 0.15) is 16.8 Å². The third kappa shape index (κ3) is 3.86. The van der Waals surface area contributed by atoms with Crippen LogP contribution in [-0.4, -0.2) is 56.5 Å². The van der Waals surface area contributed by atoms with E-state index in [2.05, 4.69) is 4.98 Å². The number of carbonyl (C=O) groups is 1. The fourth-order valence-corrected chi connectivity index (χ4v) is 4.69. The summed E-state index contributed by atoms with van der Waals surface area (Å²) in [5, 5.41) is 31.3. The molecule has 3 aromatic rings. The van der Waals surface area contributed by atoms with Gasteiger partial charge in [0.05, 0.1) is 17.7 Å². The molecule has 6 nitrogen and oxygen atoms in total. The number of aromatic hydroxyl groups is 2. The SMILES string of the molecule is O=C(c1ccc(-c2cc(-c3ccnc(O)c3O)cs2)c(Cl)c1)N1CCC(O)[C@H](F)C1. The Morgan fingerprint density at radius 3 is 2.77 bits per heavy atom. The van der Waals surface area contributed by atoms with Gasteiger partial charge in [-0.15, -0.1) is 11.3 Å². The Hall–Kier alpha value is -2.68. The summed E-state index contributed by atoms with van der Waals surface area (Å²) in [7, 11) is 0. The topological polar surface area (TPSA) is 93.9 Å². The molecule has 1 fully saturated rings. The van der Waals surface area contributed by atoms with Gasteiger partial charge in [-0.2, -0.15) is 0 Å². The van der Waals surface area contributed by atoms with Crippen molar-refractivity contribution in [2.75, 3.05) is 13.1 Å². The maximum Gasteiger partial charge on any atom is 0.254 e. The maximum atomic E-state index is 13.8. The number of thiophene rings is 1. The zero-order chi connectivity index (χ0) is 21.4.